The molecule has 0 aliphatic heterocycles. The predicted molar refractivity (Wildman–Crippen MR) is 84.1 cm³/mol. The lowest BCUT2D eigenvalue weighted by molar-refractivity contribution is 0.414. The van der Waals surface area contributed by atoms with Crippen LogP contribution in [0.4, 0.5) is 4.39 Å². The zero-order valence-corrected chi connectivity index (χ0v) is 12.8. The first-order valence-electron chi connectivity index (χ1n) is 7.06. The van der Waals surface area contributed by atoms with E-state index in [9.17, 15) is 4.39 Å². The molecule has 0 bridgehead atoms. The van der Waals surface area contributed by atoms with Crippen molar-refractivity contribution >= 4 is 0 Å². The standard InChI is InChI=1S/C18H22FNO/c1-13-10-16(19)7-6-15(13)12-18(2,20)11-14-4-8-17(21-3)9-5-14/h4-10H,11-12,20H2,1-3H3. The third-order valence-electron chi connectivity index (χ3n) is 3.67. The van der Waals surface area contributed by atoms with Crippen LogP contribution in [0.2, 0.25) is 0 Å². The summed E-state index contributed by atoms with van der Waals surface area (Å²) in [6, 6.07) is 12.8. The van der Waals surface area contributed by atoms with Crippen LogP contribution in [0.15, 0.2) is 42.5 Å². The molecule has 2 rings (SSSR count). The number of ether oxygens (including phenoxy) is 1. The second kappa shape index (κ2) is 6.27. The van der Waals surface area contributed by atoms with E-state index in [0.29, 0.717) is 6.42 Å². The highest BCUT2D eigenvalue weighted by atomic mass is 19.1. The molecule has 21 heavy (non-hydrogen) atoms. The van der Waals surface area contributed by atoms with Gasteiger partial charge in [-0.05, 0) is 67.6 Å². The molecule has 0 aliphatic rings. The molecule has 3 heteroatoms. The Balaban J connectivity index is 2.10. The average molecular weight is 287 g/mol. The fraction of sp³-hybridized carbons (Fsp3) is 0.333. The lowest BCUT2D eigenvalue weighted by atomic mass is 9.86. The van der Waals surface area contributed by atoms with E-state index in [-0.39, 0.29) is 11.4 Å². The van der Waals surface area contributed by atoms with Crippen molar-refractivity contribution in [3.05, 3.63) is 65.0 Å². The van der Waals surface area contributed by atoms with Gasteiger partial charge in [0.15, 0.2) is 0 Å². The average Bonchev–Trinajstić information content (AvgIpc) is 2.42. The summed E-state index contributed by atoms with van der Waals surface area (Å²) >= 11 is 0. The first-order chi connectivity index (χ1) is 9.89. The van der Waals surface area contributed by atoms with Crippen LogP contribution in [-0.2, 0) is 12.8 Å². The molecule has 112 valence electrons. The van der Waals surface area contributed by atoms with E-state index in [1.54, 1.807) is 13.2 Å². The van der Waals surface area contributed by atoms with Crippen molar-refractivity contribution in [3.63, 3.8) is 0 Å². The van der Waals surface area contributed by atoms with Crippen LogP contribution in [0.25, 0.3) is 0 Å². The summed E-state index contributed by atoms with van der Waals surface area (Å²) in [5.74, 6) is 0.636. The van der Waals surface area contributed by atoms with Crippen molar-refractivity contribution in [2.24, 2.45) is 5.73 Å². The summed E-state index contributed by atoms with van der Waals surface area (Å²) in [5, 5.41) is 0. The molecule has 2 aromatic rings. The summed E-state index contributed by atoms with van der Waals surface area (Å²) in [4.78, 5) is 0. The summed E-state index contributed by atoms with van der Waals surface area (Å²) in [6.45, 7) is 3.95. The molecule has 0 saturated heterocycles. The van der Waals surface area contributed by atoms with Gasteiger partial charge in [-0.3, -0.25) is 0 Å². The van der Waals surface area contributed by atoms with Gasteiger partial charge in [0.2, 0.25) is 0 Å². The Morgan fingerprint density at radius 3 is 2.33 bits per heavy atom. The van der Waals surface area contributed by atoms with E-state index in [1.165, 1.54) is 11.6 Å². The second-order valence-corrected chi connectivity index (χ2v) is 5.93. The van der Waals surface area contributed by atoms with Gasteiger partial charge in [0.1, 0.15) is 11.6 Å². The normalized spacial score (nSPS) is 13.8. The molecule has 0 spiro atoms. The molecule has 0 heterocycles. The zero-order valence-electron chi connectivity index (χ0n) is 12.8. The molecule has 0 saturated carbocycles. The lowest BCUT2D eigenvalue weighted by Gasteiger charge is -2.26. The number of hydrogen-bond donors (Lipinski definition) is 1. The summed E-state index contributed by atoms with van der Waals surface area (Å²) < 4.78 is 18.3. The van der Waals surface area contributed by atoms with Crippen LogP contribution in [0.5, 0.6) is 5.75 Å². The third kappa shape index (κ3) is 4.30. The number of hydrogen-bond acceptors (Lipinski definition) is 2. The van der Waals surface area contributed by atoms with E-state index in [0.717, 1.165) is 23.3 Å². The van der Waals surface area contributed by atoms with Crippen LogP contribution in [0, 0.1) is 12.7 Å². The molecule has 1 atom stereocenters. The number of methoxy groups -OCH3 is 1. The summed E-state index contributed by atoms with van der Waals surface area (Å²) in [5.41, 5.74) is 9.26. The molecule has 0 fully saturated rings. The largest absolute Gasteiger partial charge is 0.497 e. The van der Waals surface area contributed by atoms with Gasteiger partial charge in [-0.15, -0.1) is 0 Å². The van der Waals surface area contributed by atoms with Gasteiger partial charge < -0.3 is 10.5 Å². The van der Waals surface area contributed by atoms with E-state index in [4.69, 9.17) is 10.5 Å². The highest BCUT2D eigenvalue weighted by Gasteiger charge is 2.20. The van der Waals surface area contributed by atoms with Crippen molar-refractivity contribution in [2.45, 2.75) is 32.2 Å². The molecule has 0 aromatic heterocycles. The van der Waals surface area contributed by atoms with E-state index in [2.05, 4.69) is 0 Å². The molecule has 0 amide bonds. The zero-order chi connectivity index (χ0) is 15.5. The second-order valence-electron chi connectivity index (χ2n) is 5.93. The van der Waals surface area contributed by atoms with Gasteiger partial charge in [0.05, 0.1) is 7.11 Å². The van der Waals surface area contributed by atoms with Gasteiger partial charge in [-0.2, -0.15) is 0 Å². The van der Waals surface area contributed by atoms with E-state index >= 15 is 0 Å². The minimum atomic E-state index is -0.378. The first-order valence-corrected chi connectivity index (χ1v) is 7.06. The fourth-order valence-corrected chi connectivity index (χ4v) is 2.56. The van der Waals surface area contributed by atoms with Gasteiger partial charge in [-0.25, -0.2) is 4.39 Å². The Labute approximate surface area is 125 Å². The predicted octanol–water partition coefficient (Wildman–Crippen LogP) is 3.65. The Bertz CT molecular complexity index is 605. The quantitative estimate of drug-likeness (QED) is 0.911. The number of benzene rings is 2. The highest BCUT2D eigenvalue weighted by molar-refractivity contribution is 5.31. The number of halogens is 1. The summed E-state index contributed by atoms with van der Waals surface area (Å²) in [7, 11) is 1.65. The Morgan fingerprint density at radius 2 is 1.76 bits per heavy atom. The molecular weight excluding hydrogens is 265 g/mol. The van der Waals surface area contributed by atoms with Crippen LogP contribution in [0.1, 0.15) is 23.6 Å². The minimum absolute atomic E-state index is 0.204. The van der Waals surface area contributed by atoms with Crippen molar-refractivity contribution in [3.8, 4) is 5.75 Å². The van der Waals surface area contributed by atoms with Crippen molar-refractivity contribution in [1.82, 2.24) is 0 Å². The van der Waals surface area contributed by atoms with Crippen LogP contribution >= 0.6 is 0 Å². The maximum absolute atomic E-state index is 13.2. The molecule has 2 N–H and O–H groups in total. The Hall–Kier alpha value is -1.87. The SMILES string of the molecule is COc1ccc(CC(C)(N)Cc2ccc(F)cc2C)cc1. The molecular formula is C18H22FNO. The highest BCUT2D eigenvalue weighted by Crippen LogP contribution is 2.21. The van der Waals surface area contributed by atoms with E-state index < -0.39 is 0 Å². The number of aryl methyl sites for hydroxylation is 1. The van der Waals surface area contributed by atoms with Crippen molar-refractivity contribution in [2.75, 3.05) is 7.11 Å². The van der Waals surface area contributed by atoms with Crippen LogP contribution in [0.3, 0.4) is 0 Å². The van der Waals surface area contributed by atoms with Crippen LogP contribution < -0.4 is 10.5 Å². The molecule has 2 nitrogen and oxygen atoms in total. The molecule has 0 radical (unpaired) electrons. The fourth-order valence-electron chi connectivity index (χ4n) is 2.56. The lowest BCUT2D eigenvalue weighted by Crippen LogP contribution is -2.41. The first kappa shape index (κ1) is 15.5. The van der Waals surface area contributed by atoms with E-state index in [1.807, 2.05) is 44.2 Å². The monoisotopic (exact) mass is 287 g/mol. The molecule has 1 unspecified atom stereocenters. The number of rotatable bonds is 5. The molecule has 2 aromatic carbocycles. The van der Waals surface area contributed by atoms with Gasteiger partial charge in [0, 0.05) is 5.54 Å². The number of nitrogens with two attached hydrogens (primary N) is 1. The minimum Gasteiger partial charge on any atom is -0.497 e. The van der Waals surface area contributed by atoms with Gasteiger partial charge in [-0.1, -0.05) is 18.2 Å². The Morgan fingerprint density at radius 1 is 1.10 bits per heavy atom. The smallest absolute Gasteiger partial charge is 0.123 e. The molecule has 0 aliphatic carbocycles. The van der Waals surface area contributed by atoms with Gasteiger partial charge >= 0.3 is 0 Å². The van der Waals surface area contributed by atoms with Crippen molar-refractivity contribution in [1.29, 1.82) is 0 Å². The van der Waals surface area contributed by atoms with Crippen LogP contribution in [-0.4, -0.2) is 12.6 Å². The van der Waals surface area contributed by atoms with Crippen molar-refractivity contribution < 1.29 is 9.13 Å². The topological polar surface area (TPSA) is 35.2 Å². The maximum Gasteiger partial charge on any atom is 0.123 e. The maximum atomic E-state index is 13.2. The summed E-state index contributed by atoms with van der Waals surface area (Å²) in [6.07, 6.45) is 1.47. The third-order valence-corrected chi connectivity index (χ3v) is 3.67. The van der Waals surface area contributed by atoms with Gasteiger partial charge in [0.25, 0.3) is 0 Å². The Kier molecular flexibility index (Phi) is 4.63.